The molecule has 0 aromatic heterocycles. The number of nitrogens with zero attached hydrogens (tertiary/aromatic N) is 2. The minimum absolute atomic E-state index is 0.0866. The van der Waals surface area contributed by atoms with Crippen molar-refractivity contribution < 1.29 is 19.1 Å². The van der Waals surface area contributed by atoms with E-state index in [2.05, 4.69) is 0 Å². The van der Waals surface area contributed by atoms with Crippen molar-refractivity contribution in [2.75, 3.05) is 19.1 Å². The van der Waals surface area contributed by atoms with Crippen molar-refractivity contribution in [1.82, 2.24) is 4.90 Å². The summed E-state index contributed by atoms with van der Waals surface area (Å²) in [4.78, 5) is 40.7. The van der Waals surface area contributed by atoms with Crippen molar-refractivity contribution in [2.45, 2.75) is 6.04 Å². The van der Waals surface area contributed by atoms with Crippen LogP contribution in [0.1, 0.15) is 0 Å². The normalized spacial score (nSPS) is 31.8. The molecule has 2 bridgehead atoms. The smallest absolute Gasteiger partial charge is 0.240 e. The summed E-state index contributed by atoms with van der Waals surface area (Å²) in [6.07, 6.45) is 3.65. The molecule has 0 spiro atoms. The van der Waals surface area contributed by atoms with E-state index < -0.39 is 17.8 Å². The number of imide groups is 1. The number of fused-ring (bicyclic) bond motifs is 1. The average molecular weight is 312 g/mol. The molecule has 0 saturated carbocycles. The van der Waals surface area contributed by atoms with Gasteiger partial charge in [0.05, 0.1) is 36.6 Å². The van der Waals surface area contributed by atoms with Crippen LogP contribution in [0.2, 0.25) is 0 Å². The van der Waals surface area contributed by atoms with Gasteiger partial charge >= 0.3 is 0 Å². The van der Waals surface area contributed by atoms with Crippen LogP contribution >= 0.6 is 0 Å². The third-order valence-electron chi connectivity index (χ3n) is 5.08. The van der Waals surface area contributed by atoms with Crippen LogP contribution in [0.4, 0.5) is 5.69 Å². The Kier molecular flexibility index (Phi) is 2.85. The van der Waals surface area contributed by atoms with Gasteiger partial charge < -0.3 is 9.64 Å². The summed E-state index contributed by atoms with van der Waals surface area (Å²) in [6.45, 7) is 0. The quantitative estimate of drug-likeness (QED) is 0.599. The van der Waals surface area contributed by atoms with E-state index in [1.165, 1.54) is 4.90 Å². The molecule has 0 N–H and O–H groups in total. The summed E-state index contributed by atoms with van der Waals surface area (Å²) in [7, 11) is 3.24. The van der Waals surface area contributed by atoms with E-state index in [-0.39, 0.29) is 23.8 Å². The fourth-order valence-electron chi connectivity index (χ4n) is 3.90. The van der Waals surface area contributed by atoms with Gasteiger partial charge in [0, 0.05) is 7.05 Å². The maximum atomic E-state index is 12.8. The van der Waals surface area contributed by atoms with Crippen LogP contribution in [0.25, 0.3) is 0 Å². The summed E-state index contributed by atoms with van der Waals surface area (Å²) in [5.41, 5.74) is 0.518. The van der Waals surface area contributed by atoms with E-state index in [0.717, 1.165) is 0 Å². The van der Waals surface area contributed by atoms with Gasteiger partial charge in [-0.3, -0.25) is 14.4 Å². The average Bonchev–Trinajstić information content (AvgIpc) is 2.84. The second kappa shape index (κ2) is 4.68. The number of carbonyl (C=O) groups excluding carboxylic acids is 3. The molecule has 4 atom stereocenters. The second-order valence-electron chi connectivity index (χ2n) is 6.11. The number of hydrogen-bond acceptors (Lipinski definition) is 4. The lowest BCUT2D eigenvalue weighted by Crippen LogP contribution is -2.57. The Morgan fingerprint density at radius 2 is 1.57 bits per heavy atom. The standard InChI is InChI=1S/C17H16N2O4/c1-18-12-8-7-11(15(18)20)13-14(12)17(22)19(16(13)21)9-3-5-10(23-2)6-4-9/h3-8,11-14H,1-2H3/t11-,12+,13+,14-/m1/s1. The Hall–Kier alpha value is -2.63. The van der Waals surface area contributed by atoms with Crippen LogP contribution < -0.4 is 9.64 Å². The SMILES string of the molecule is COc1ccc(N2C(=O)[C@@H]3[C@H](C2=O)[C@@H]2C=C[C@H]3C(=O)N2C)cc1. The maximum absolute atomic E-state index is 12.8. The molecule has 6 heteroatoms. The molecule has 5 rings (SSSR count). The summed E-state index contributed by atoms with van der Waals surface area (Å²) in [5.74, 6) is -1.55. The number of hydrogen-bond donors (Lipinski definition) is 0. The van der Waals surface area contributed by atoms with Crippen LogP contribution in [0, 0.1) is 17.8 Å². The van der Waals surface area contributed by atoms with Crippen molar-refractivity contribution >= 4 is 23.4 Å². The Morgan fingerprint density at radius 3 is 2.22 bits per heavy atom. The molecule has 23 heavy (non-hydrogen) atoms. The lowest BCUT2D eigenvalue weighted by atomic mass is 9.70. The van der Waals surface area contributed by atoms with Crippen molar-refractivity contribution in [1.29, 1.82) is 0 Å². The van der Waals surface area contributed by atoms with Gasteiger partial charge in [-0.25, -0.2) is 4.90 Å². The highest BCUT2D eigenvalue weighted by Crippen LogP contribution is 2.46. The maximum Gasteiger partial charge on any atom is 0.240 e. The Bertz CT molecular complexity index is 739. The molecular formula is C17H16N2O4. The van der Waals surface area contributed by atoms with E-state index in [4.69, 9.17) is 4.74 Å². The number of piperidine rings is 1. The lowest BCUT2D eigenvalue weighted by molar-refractivity contribution is -0.148. The highest BCUT2D eigenvalue weighted by molar-refractivity contribution is 6.24. The van der Waals surface area contributed by atoms with Gasteiger partial charge in [-0.2, -0.15) is 0 Å². The van der Waals surface area contributed by atoms with Gasteiger partial charge in [0.1, 0.15) is 5.75 Å². The topological polar surface area (TPSA) is 66.9 Å². The largest absolute Gasteiger partial charge is 0.497 e. The van der Waals surface area contributed by atoms with Crippen LogP contribution in [-0.2, 0) is 14.4 Å². The Labute approximate surface area is 133 Å². The van der Waals surface area contributed by atoms with Crippen LogP contribution in [0.5, 0.6) is 5.75 Å². The first-order valence-electron chi connectivity index (χ1n) is 7.51. The van der Waals surface area contributed by atoms with Crippen molar-refractivity contribution in [2.24, 2.45) is 17.8 Å². The fourth-order valence-corrected chi connectivity index (χ4v) is 3.90. The molecule has 6 nitrogen and oxygen atoms in total. The fraction of sp³-hybridized carbons (Fsp3) is 0.353. The highest BCUT2D eigenvalue weighted by atomic mass is 16.5. The first-order chi connectivity index (χ1) is 11.0. The third-order valence-corrected chi connectivity index (χ3v) is 5.08. The van der Waals surface area contributed by atoms with E-state index in [1.807, 2.05) is 6.08 Å². The zero-order valence-electron chi connectivity index (χ0n) is 12.8. The molecule has 0 unspecified atom stereocenters. The Balaban J connectivity index is 1.74. The first kappa shape index (κ1) is 14.0. The number of rotatable bonds is 2. The molecule has 3 aliphatic heterocycles. The van der Waals surface area contributed by atoms with Gasteiger partial charge in [0.15, 0.2) is 0 Å². The minimum atomic E-state index is -0.580. The molecule has 3 amide bonds. The molecule has 2 fully saturated rings. The molecule has 4 aliphatic rings. The van der Waals surface area contributed by atoms with E-state index in [1.54, 1.807) is 49.4 Å². The number of carbonyl (C=O) groups is 3. The van der Waals surface area contributed by atoms with Crippen LogP contribution in [-0.4, -0.2) is 42.8 Å². The molecule has 1 aliphatic carbocycles. The first-order valence-corrected chi connectivity index (χ1v) is 7.51. The zero-order valence-corrected chi connectivity index (χ0v) is 12.8. The number of benzene rings is 1. The predicted octanol–water partition coefficient (Wildman–Crippen LogP) is 0.827. The van der Waals surface area contributed by atoms with Gasteiger partial charge in [-0.15, -0.1) is 0 Å². The second-order valence-corrected chi connectivity index (χ2v) is 6.11. The number of methoxy groups -OCH3 is 1. The summed E-state index contributed by atoms with van der Waals surface area (Å²) < 4.78 is 5.10. The van der Waals surface area contributed by atoms with E-state index in [0.29, 0.717) is 11.4 Å². The van der Waals surface area contributed by atoms with Gasteiger partial charge in [-0.05, 0) is 24.3 Å². The lowest BCUT2D eigenvalue weighted by Gasteiger charge is -2.44. The van der Waals surface area contributed by atoms with Crippen molar-refractivity contribution in [3.05, 3.63) is 36.4 Å². The number of anilines is 1. The molecule has 2 saturated heterocycles. The third kappa shape index (κ3) is 1.72. The van der Waals surface area contributed by atoms with Crippen LogP contribution in [0.15, 0.2) is 36.4 Å². The molecular weight excluding hydrogens is 296 g/mol. The molecule has 0 radical (unpaired) electrons. The molecule has 3 heterocycles. The van der Waals surface area contributed by atoms with E-state index >= 15 is 0 Å². The number of amides is 3. The van der Waals surface area contributed by atoms with Crippen LogP contribution in [0.3, 0.4) is 0 Å². The van der Waals surface area contributed by atoms with Crippen molar-refractivity contribution in [3.8, 4) is 5.75 Å². The number of likely N-dealkylation sites (N-methyl/N-ethyl adjacent to an activating group) is 1. The molecule has 1 aromatic rings. The summed E-state index contributed by atoms with van der Waals surface area (Å²) in [5, 5.41) is 0. The molecule has 1 aromatic carbocycles. The van der Waals surface area contributed by atoms with E-state index in [9.17, 15) is 14.4 Å². The monoisotopic (exact) mass is 312 g/mol. The van der Waals surface area contributed by atoms with Gasteiger partial charge in [0.25, 0.3) is 0 Å². The molecule has 118 valence electrons. The summed E-state index contributed by atoms with van der Waals surface area (Å²) >= 11 is 0. The number of ether oxygens (including phenoxy) is 1. The van der Waals surface area contributed by atoms with Gasteiger partial charge in [-0.1, -0.05) is 12.2 Å². The minimum Gasteiger partial charge on any atom is -0.497 e. The zero-order chi connectivity index (χ0) is 16.3. The van der Waals surface area contributed by atoms with Crippen molar-refractivity contribution in [3.63, 3.8) is 0 Å². The van der Waals surface area contributed by atoms with Gasteiger partial charge in [0.2, 0.25) is 17.7 Å². The Morgan fingerprint density at radius 1 is 0.913 bits per heavy atom. The highest BCUT2D eigenvalue weighted by Gasteiger charge is 2.61. The summed E-state index contributed by atoms with van der Waals surface area (Å²) in [6, 6.07) is 6.46. The predicted molar refractivity (Wildman–Crippen MR) is 81.7 cm³/mol.